The third-order valence-electron chi connectivity index (χ3n) is 3.20. The van der Waals surface area contributed by atoms with Gasteiger partial charge in [0.1, 0.15) is 6.33 Å². The van der Waals surface area contributed by atoms with Crippen LogP contribution in [0.5, 0.6) is 0 Å². The Labute approximate surface area is 102 Å². The third kappa shape index (κ3) is 1.20. The molecule has 2 heterocycles. The lowest BCUT2D eigenvalue weighted by Crippen LogP contribution is -1.86. The van der Waals surface area contributed by atoms with Gasteiger partial charge >= 0.3 is 0 Å². The highest BCUT2D eigenvalue weighted by Gasteiger charge is 2.05. The van der Waals surface area contributed by atoms with Crippen LogP contribution in [0, 0.1) is 0 Å². The molecule has 4 aromatic rings. The predicted molar refractivity (Wildman–Crippen MR) is 70.1 cm³/mol. The van der Waals surface area contributed by atoms with Crippen LogP contribution in [-0.4, -0.2) is 20.2 Å². The summed E-state index contributed by atoms with van der Waals surface area (Å²) in [4.78, 5) is 8.42. The van der Waals surface area contributed by atoms with Gasteiger partial charge in [0.25, 0.3) is 0 Å². The molecule has 4 heteroatoms. The molecule has 0 saturated heterocycles. The molecule has 0 spiro atoms. The molecule has 0 atom stereocenters. The highest BCUT2D eigenvalue weighted by molar-refractivity contribution is 6.15. The number of fused-ring (bicyclic) bond motifs is 5. The number of nitrogens with zero attached hydrogens (tertiary/aromatic N) is 4. The van der Waals surface area contributed by atoms with Crippen LogP contribution in [0.3, 0.4) is 0 Å². The lowest BCUT2D eigenvalue weighted by molar-refractivity contribution is 1.05. The van der Waals surface area contributed by atoms with Gasteiger partial charge in [0.15, 0.2) is 0 Å². The van der Waals surface area contributed by atoms with Gasteiger partial charge in [0, 0.05) is 27.7 Å². The zero-order chi connectivity index (χ0) is 11.9. The fourth-order valence-corrected chi connectivity index (χ4v) is 2.34. The van der Waals surface area contributed by atoms with Gasteiger partial charge in [-0.1, -0.05) is 24.3 Å². The van der Waals surface area contributed by atoms with Crippen LogP contribution in [-0.2, 0) is 0 Å². The molecular formula is C14H8N4. The molecule has 0 unspecified atom stereocenters. The summed E-state index contributed by atoms with van der Waals surface area (Å²) in [5.74, 6) is 0. The van der Waals surface area contributed by atoms with Crippen molar-refractivity contribution < 1.29 is 0 Å². The van der Waals surface area contributed by atoms with Crippen molar-refractivity contribution in [2.75, 3.05) is 0 Å². The molecule has 0 N–H and O–H groups in total. The quantitative estimate of drug-likeness (QED) is 0.437. The Hall–Kier alpha value is -2.62. The van der Waals surface area contributed by atoms with Crippen molar-refractivity contribution in [2.24, 2.45) is 0 Å². The minimum atomic E-state index is 0.973. The highest BCUT2D eigenvalue weighted by Crippen LogP contribution is 2.28. The van der Waals surface area contributed by atoms with E-state index in [9.17, 15) is 0 Å². The normalized spacial score (nSPS) is 11.3. The molecule has 0 bridgehead atoms. The van der Waals surface area contributed by atoms with Crippen molar-refractivity contribution in [2.45, 2.75) is 0 Å². The maximum Gasteiger partial charge on any atom is 0.116 e. The first-order valence-electron chi connectivity index (χ1n) is 5.65. The van der Waals surface area contributed by atoms with Gasteiger partial charge in [-0.3, -0.25) is 0 Å². The highest BCUT2D eigenvalue weighted by atomic mass is 15.1. The summed E-state index contributed by atoms with van der Waals surface area (Å²) in [6.45, 7) is 0. The molecule has 2 aromatic carbocycles. The predicted octanol–water partition coefficient (Wildman–Crippen LogP) is 2.73. The van der Waals surface area contributed by atoms with Crippen LogP contribution in [0.1, 0.15) is 0 Å². The minimum absolute atomic E-state index is 0.973. The van der Waals surface area contributed by atoms with Gasteiger partial charge in [-0.15, -0.1) is 0 Å². The average Bonchev–Trinajstić information content (AvgIpc) is 2.46. The summed E-state index contributed by atoms with van der Waals surface area (Å²) in [5, 5.41) is 13.4. The molecule has 18 heavy (non-hydrogen) atoms. The van der Waals surface area contributed by atoms with Gasteiger partial charge in [0.05, 0.1) is 17.9 Å². The summed E-state index contributed by atoms with van der Waals surface area (Å²) in [6.07, 6.45) is 6.98. The van der Waals surface area contributed by atoms with Gasteiger partial charge in [0.2, 0.25) is 0 Å². The van der Waals surface area contributed by atoms with E-state index in [4.69, 9.17) is 0 Å². The monoisotopic (exact) mass is 232 g/mol. The topological polar surface area (TPSA) is 51.6 Å². The lowest BCUT2D eigenvalue weighted by Gasteiger charge is -2.05. The first-order valence-corrected chi connectivity index (χ1v) is 5.65. The molecule has 0 saturated carbocycles. The van der Waals surface area contributed by atoms with Crippen molar-refractivity contribution in [1.82, 2.24) is 20.2 Å². The lowest BCUT2D eigenvalue weighted by atomic mass is 10.0. The van der Waals surface area contributed by atoms with E-state index in [1.807, 2.05) is 18.3 Å². The molecule has 0 radical (unpaired) electrons. The Morgan fingerprint density at radius 1 is 0.667 bits per heavy atom. The third-order valence-corrected chi connectivity index (χ3v) is 3.20. The average molecular weight is 232 g/mol. The Morgan fingerprint density at radius 2 is 1.50 bits per heavy atom. The van der Waals surface area contributed by atoms with Gasteiger partial charge in [-0.25, -0.2) is 9.97 Å². The summed E-state index contributed by atoms with van der Waals surface area (Å²) >= 11 is 0. The van der Waals surface area contributed by atoms with E-state index >= 15 is 0 Å². The van der Waals surface area contributed by atoms with E-state index in [1.165, 1.54) is 0 Å². The van der Waals surface area contributed by atoms with Crippen LogP contribution in [0.4, 0.5) is 0 Å². The molecule has 0 aliphatic rings. The Morgan fingerprint density at radius 3 is 2.50 bits per heavy atom. The zero-order valence-electron chi connectivity index (χ0n) is 9.41. The van der Waals surface area contributed by atoms with Crippen molar-refractivity contribution in [1.29, 1.82) is 0 Å². The molecule has 4 nitrogen and oxygen atoms in total. The molecule has 2 aromatic heterocycles. The molecule has 4 rings (SSSR count). The van der Waals surface area contributed by atoms with Crippen LogP contribution >= 0.6 is 0 Å². The SMILES string of the molecule is c1ncc2ccc3c4cnncc4ccc3c2n1. The van der Waals surface area contributed by atoms with E-state index in [0.717, 1.165) is 32.4 Å². The minimum Gasteiger partial charge on any atom is -0.244 e. The number of rotatable bonds is 0. The fraction of sp³-hybridized carbons (Fsp3) is 0. The van der Waals surface area contributed by atoms with Gasteiger partial charge in [-0.05, 0) is 5.39 Å². The maximum absolute atomic E-state index is 4.37. The summed E-state index contributed by atoms with van der Waals surface area (Å²) in [5.41, 5.74) is 0.973. The molecule has 84 valence electrons. The maximum atomic E-state index is 4.37. The van der Waals surface area contributed by atoms with E-state index < -0.39 is 0 Å². The molecule has 0 fully saturated rings. The molecule has 0 aliphatic heterocycles. The van der Waals surface area contributed by atoms with Gasteiger partial charge < -0.3 is 0 Å². The van der Waals surface area contributed by atoms with E-state index in [-0.39, 0.29) is 0 Å². The second-order valence-electron chi connectivity index (χ2n) is 4.18. The van der Waals surface area contributed by atoms with Gasteiger partial charge in [-0.2, -0.15) is 10.2 Å². The van der Waals surface area contributed by atoms with E-state index in [1.54, 1.807) is 18.7 Å². The van der Waals surface area contributed by atoms with E-state index in [0.29, 0.717) is 0 Å². The Bertz CT molecular complexity index is 811. The number of aromatic nitrogens is 4. The number of hydrogen-bond acceptors (Lipinski definition) is 4. The van der Waals surface area contributed by atoms with Crippen LogP contribution in [0.15, 0.2) is 49.2 Å². The fourth-order valence-electron chi connectivity index (χ4n) is 2.34. The van der Waals surface area contributed by atoms with Crippen LogP contribution in [0.25, 0.3) is 32.4 Å². The largest absolute Gasteiger partial charge is 0.244 e. The van der Waals surface area contributed by atoms with Crippen molar-refractivity contribution in [3.63, 3.8) is 0 Å². The summed E-state index contributed by atoms with van der Waals surface area (Å²) < 4.78 is 0. The second kappa shape index (κ2) is 3.43. The number of benzene rings is 2. The first kappa shape index (κ1) is 9.41. The summed E-state index contributed by atoms with van der Waals surface area (Å²) in [6, 6.07) is 8.26. The Kier molecular flexibility index (Phi) is 1.80. The van der Waals surface area contributed by atoms with Crippen LogP contribution < -0.4 is 0 Å². The summed E-state index contributed by atoms with van der Waals surface area (Å²) in [7, 11) is 0. The second-order valence-corrected chi connectivity index (χ2v) is 4.18. The van der Waals surface area contributed by atoms with E-state index in [2.05, 4.69) is 32.3 Å². The molecular weight excluding hydrogens is 224 g/mol. The first-order chi connectivity index (χ1) is 8.93. The molecule has 0 amide bonds. The number of hydrogen-bond donors (Lipinski definition) is 0. The van der Waals surface area contributed by atoms with Crippen molar-refractivity contribution in [3.8, 4) is 0 Å². The van der Waals surface area contributed by atoms with Crippen molar-refractivity contribution >= 4 is 32.4 Å². The Balaban J connectivity index is 2.31. The van der Waals surface area contributed by atoms with Crippen LogP contribution in [0.2, 0.25) is 0 Å². The smallest absolute Gasteiger partial charge is 0.116 e. The van der Waals surface area contributed by atoms with Crippen molar-refractivity contribution in [3.05, 3.63) is 49.2 Å². The molecule has 0 aliphatic carbocycles. The standard InChI is InChI=1S/C14H8N4/c1-4-12-11(13-7-18-17-6-9(1)13)3-2-10-5-15-8-16-14(10)12/h1-8H. The zero-order valence-corrected chi connectivity index (χ0v) is 9.41.